The number of H-pyrrole nitrogens is 1. The van der Waals surface area contributed by atoms with E-state index in [1.54, 1.807) is 13.3 Å². The molecule has 6 nitrogen and oxygen atoms in total. The largest absolute Gasteiger partial charge is 0.496 e. The van der Waals surface area contributed by atoms with E-state index in [1.807, 2.05) is 48.5 Å². The second kappa shape index (κ2) is 7.74. The highest BCUT2D eigenvalue weighted by Gasteiger charge is 2.23. The van der Waals surface area contributed by atoms with E-state index in [9.17, 15) is 14.7 Å². The number of carbonyl (C=O) groups excluding carboxylic acids is 1. The van der Waals surface area contributed by atoms with Crippen molar-refractivity contribution in [3.05, 3.63) is 65.9 Å². The minimum Gasteiger partial charge on any atom is -0.496 e. The minimum atomic E-state index is -1.07. The van der Waals surface area contributed by atoms with Gasteiger partial charge in [0.25, 0.3) is 0 Å². The number of amides is 1. The highest BCUT2D eigenvalue weighted by molar-refractivity contribution is 5.91. The van der Waals surface area contributed by atoms with Crippen molar-refractivity contribution in [2.75, 3.05) is 7.11 Å². The molecular weight excluding hydrogens is 332 g/mol. The van der Waals surface area contributed by atoms with Crippen molar-refractivity contribution in [1.29, 1.82) is 0 Å². The Kier molecular flexibility index (Phi) is 5.22. The first-order chi connectivity index (χ1) is 12.6. The lowest BCUT2D eigenvalue weighted by Crippen LogP contribution is -2.43. The molecule has 3 aromatic rings. The predicted molar refractivity (Wildman–Crippen MR) is 98.3 cm³/mol. The Morgan fingerprint density at radius 1 is 1.15 bits per heavy atom. The molecule has 6 heteroatoms. The van der Waals surface area contributed by atoms with Gasteiger partial charge in [0.05, 0.1) is 13.5 Å². The Morgan fingerprint density at radius 3 is 2.62 bits per heavy atom. The molecule has 0 bridgehead atoms. The number of hydrogen-bond acceptors (Lipinski definition) is 3. The van der Waals surface area contributed by atoms with Crippen molar-refractivity contribution < 1.29 is 19.4 Å². The van der Waals surface area contributed by atoms with Gasteiger partial charge in [-0.05, 0) is 23.3 Å². The molecule has 1 heterocycles. The summed E-state index contributed by atoms with van der Waals surface area (Å²) in [6.45, 7) is 0. The summed E-state index contributed by atoms with van der Waals surface area (Å²) < 4.78 is 5.37. The number of fused-ring (bicyclic) bond motifs is 1. The number of hydrogen-bond donors (Lipinski definition) is 3. The van der Waals surface area contributed by atoms with Crippen LogP contribution in [-0.4, -0.2) is 35.1 Å². The van der Waals surface area contributed by atoms with E-state index in [0.717, 1.165) is 22.0 Å². The Balaban J connectivity index is 1.77. The molecule has 0 saturated carbocycles. The predicted octanol–water partition coefficient (Wildman–Crippen LogP) is 2.53. The summed E-state index contributed by atoms with van der Waals surface area (Å²) in [5, 5.41) is 13.0. The number of ether oxygens (including phenoxy) is 1. The average Bonchev–Trinajstić information content (AvgIpc) is 3.05. The van der Waals surface area contributed by atoms with Gasteiger partial charge in [-0.15, -0.1) is 0 Å². The van der Waals surface area contributed by atoms with Crippen LogP contribution in [0.4, 0.5) is 0 Å². The fraction of sp³-hybridized carbons (Fsp3) is 0.200. The fourth-order valence-electron chi connectivity index (χ4n) is 3.00. The maximum atomic E-state index is 12.2. The Hall–Kier alpha value is -3.28. The number of nitrogens with one attached hydrogen (secondary N) is 2. The van der Waals surface area contributed by atoms with E-state index in [-0.39, 0.29) is 18.7 Å². The minimum absolute atomic E-state index is 0.141. The maximum absolute atomic E-state index is 12.2. The number of methoxy groups -OCH3 is 1. The molecule has 0 radical (unpaired) electrons. The van der Waals surface area contributed by atoms with Crippen LogP contribution in [0.15, 0.2) is 54.7 Å². The van der Waals surface area contributed by atoms with Crippen molar-refractivity contribution in [2.24, 2.45) is 0 Å². The third-order valence-corrected chi connectivity index (χ3v) is 4.23. The van der Waals surface area contributed by atoms with Gasteiger partial charge in [0.2, 0.25) is 5.91 Å². The molecule has 0 aliphatic rings. The summed E-state index contributed by atoms with van der Waals surface area (Å²) in [6, 6.07) is 13.8. The number of carboxylic acid groups (broad SMARTS) is 1. The zero-order valence-corrected chi connectivity index (χ0v) is 14.4. The number of aromatic nitrogens is 1. The van der Waals surface area contributed by atoms with Crippen LogP contribution in [0.5, 0.6) is 5.75 Å². The molecule has 1 aromatic heterocycles. The standard InChI is InChI=1S/C20H20N2O4/c1-26-17-9-5-8-15-19(17)14(12-21-15)11-16(20(24)25)22-18(23)10-13-6-3-2-4-7-13/h2-9,12,16,21H,10-11H2,1H3,(H,22,23)(H,24,25)/t16-/m1/s1. The van der Waals surface area contributed by atoms with E-state index >= 15 is 0 Å². The summed E-state index contributed by atoms with van der Waals surface area (Å²) in [6.07, 6.45) is 2.06. The second-order valence-electron chi connectivity index (χ2n) is 6.02. The van der Waals surface area contributed by atoms with Crippen molar-refractivity contribution in [3.63, 3.8) is 0 Å². The summed E-state index contributed by atoms with van der Waals surface area (Å²) in [4.78, 5) is 27.0. The zero-order valence-electron chi connectivity index (χ0n) is 14.4. The molecule has 134 valence electrons. The molecule has 0 unspecified atom stereocenters. The molecule has 0 aliphatic heterocycles. The molecule has 1 atom stereocenters. The number of benzene rings is 2. The molecule has 2 aromatic carbocycles. The molecule has 3 N–H and O–H groups in total. The van der Waals surface area contributed by atoms with Crippen molar-refractivity contribution >= 4 is 22.8 Å². The quantitative estimate of drug-likeness (QED) is 0.609. The monoisotopic (exact) mass is 352 g/mol. The van der Waals surface area contributed by atoms with Gasteiger partial charge < -0.3 is 20.1 Å². The number of rotatable bonds is 7. The molecule has 1 amide bonds. The Bertz CT molecular complexity index is 918. The van der Waals surface area contributed by atoms with Crippen LogP contribution in [0.3, 0.4) is 0 Å². The van der Waals surface area contributed by atoms with Crippen LogP contribution in [0.25, 0.3) is 10.9 Å². The summed E-state index contributed by atoms with van der Waals surface area (Å²) >= 11 is 0. The van der Waals surface area contributed by atoms with Gasteiger partial charge >= 0.3 is 5.97 Å². The first kappa shape index (κ1) is 17.5. The molecule has 0 fully saturated rings. The Morgan fingerprint density at radius 2 is 1.92 bits per heavy atom. The summed E-state index contributed by atoms with van der Waals surface area (Å²) in [5.74, 6) is -0.732. The van der Waals surface area contributed by atoms with Crippen molar-refractivity contribution in [3.8, 4) is 5.75 Å². The first-order valence-electron chi connectivity index (χ1n) is 8.27. The van der Waals surface area contributed by atoms with Gasteiger partial charge in [0.15, 0.2) is 0 Å². The Labute approximate surface area is 150 Å². The van der Waals surface area contributed by atoms with E-state index in [2.05, 4.69) is 10.3 Å². The van der Waals surface area contributed by atoms with Crippen molar-refractivity contribution in [1.82, 2.24) is 10.3 Å². The number of carboxylic acids is 1. The highest BCUT2D eigenvalue weighted by Crippen LogP contribution is 2.29. The number of carbonyl (C=O) groups is 2. The van der Waals surface area contributed by atoms with Crippen molar-refractivity contribution in [2.45, 2.75) is 18.9 Å². The smallest absolute Gasteiger partial charge is 0.326 e. The third-order valence-electron chi connectivity index (χ3n) is 4.23. The summed E-state index contributed by atoms with van der Waals surface area (Å²) in [7, 11) is 1.57. The van der Waals surface area contributed by atoms with E-state index in [0.29, 0.717) is 5.75 Å². The normalized spacial score (nSPS) is 11.9. The van der Waals surface area contributed by atoms with Gasteiger partial charge in [-0.3, -0.25) is 4.79 Å². The van der Waals surface area contributed by atoms with Gasteiger partial charge in [0, 0.05) is 23.5 Å². The van der Waals surface area contributed by atoms with Crippen LogP contribution in [0.1, 0.15) is 11.1 Å². The fourth-order valence-corrected chi connectivity index (χ4v) is 3.00. The molecule has 3 rings (SSSR count). The summed E-state index contributed by atoms with van der Waals surface area (Å²) in [5.41, 5.74) is 2.48. The van der Waals surface area contributed by atoms with Crippen LogP contribution in [0, 0.1) is 0 Å². The van der Waals surface area contributed by atoms with Crippen LogP contribution in [0.2, 0.25) is 0 Å². The van der Waals surface area contributed by atoms with Gasteiger partial charge in [0.1, 0.15) is 11.8 Å². The molecule has 0 aliphatic carbocycles. The van der Waals surface area contributed by atoms with Crippen LogP contribution < -0.4 is 10.1 Å². The topological polar surface area (TPSA) is 91.4 Å². The lowest BCUT2D eigenvalue weighted by atomic mass is 10.0. The van der Waals surface area contributed by atoms with Crippen LogP contribution >= 0.6 is 0 Å². The molecule has 0 spiro atoms. The maximum Gasteiger partial charge on any atom is 0.326 e. The third kappa shape index (κ3) is 3.85. The van der Waals surface area contributed by atoms with Gasteiger partial charge in [-0.1, -0.05) is 36.4 Å². The lowest BCUT2D eigenvalue weighted by Gasteiger charge is -2.15. The molecule has 26 heavy (non-hydrogen) atoms. The first-order valence-corrected chi connectivity index (χ1v) is 8.27. The lowest BCUT2D eigenvalue weighted by molar-refractivity contribution is -0.141. The van der Waals surface area contributed by atoms with Gasteiger partial charge in [-0.2, -0.15) is 0 Å². The van der Waals surface area contributed by atoms with E-state index in [1.165, 1.54) is 0 Å². The number of aromatic amines is 1. The number of aliphatic carboxylic acids is 1. The van der Waals surface area contributed by atoms with Crippen LogP contribution in [-0.2, 0) is 22.4 Å². The van der Waals surface area contributed by atoms with E-state index < -0.39 is 12.0 Å². The second-order valence-corrected chi connectivity index (χ2v) is 6.02. The van der Waals surface area contributed by atoms with Gasteiger partial charge in [-0.25, -0.2) is 4.79 Å². The zero-order chi connectivity index (χ0) is 18.5. The molecule has 0 saturated heterocycles. The average molecular weight is 352 g/mol. The molecular formula is C20H20N2O4. The van der Waals surface area contributed by atoms with E-state index in [4.69, 9.17) is 4.74 Å². The highest BCUT2D eigenvalue weighted by atomic mass is 16.5. The SMILES string of the molecule is COc1cccc2[nH]cc(C[C@@H](NC(=O)Cc3ccccc3)C(=O)O)c12.